The average Bonchev–Trinajstić information content (AvgIpc) is 2.92. The quantitative estimate of drug-likeness (QED) is 0.847. The summed E-state index contributed by atoms with van der Waals surface area (Å²) in [5.41, 5.74) is 2.20. The van der Waals surface area contributed by atoms with Gasteiger partial charge in [-0.25, -0.2) is 4.79 Å². The van der Waals surface area contributed by atoms with Crippen LogP contribution in [0.4, 0.5) is 0 Å². The maximum Gasteiger partial charge on any atom is 0.382 e. The predicted molar refractivity (Wildman–Crippen MR) is 89.5 cm³/mol. The lowest BCUT2D eigenvalue weighted by Crippen LogP contribution is -2.12. The Bertz CT molecular complexity index is 755. The fourth-order valence-electron chi connectivity index (χ4n) is 2.12. The van der Waals surface area contributed by atoms with Crippen LogP contribution in [0.15, 0.2) is 30.3 Å². The molecule has 22 heavy (non-hydrogen) atoms. The number of thiophene rings is 1. The highest BCUT2D eigenvalue weighted by Crippen LogP contribution is 2.36. The molecular formula is C18H18O3S. The minimum atomic E-state index is -1.12. The van der Waals surface area contributed by atoms with Crippen LogP contribution in [0, 0.1) is 11.8 Å². The molecule has 0 unspecified atom stereocenters. The lowest BCUT2D eigenvalue weighted by Gasteiger charge is -2.22. The zero-order chi connectivity index (χ0) is 16.3. The Morgan fingerprint density at radius 1 is 1.23 bits per heavy atom. The van der Waals surface area contributed by atoms with E-state index in [2.05, 4.69) is 38.7 Å². The molecule has 0 aliphatic rings. The van der Waals surface area contributed by atoms with E-state index >= 15 is 0 Å². The van der Waals surface area contributed by atoms with E-state index in [1.54, 1.807) is 7.11 Å². The van der Waals surface area contributed by atoms with Crippen LogP contribution in [0.5, 0.6) is 5.75 Å². The molecule has 1 aromatic carbocycles. The van der Waals surface area contributed by atoms with Gasteiger partial charge in [0.15, 0.2) is 0 Å². The van der Waals surface area contributed by atoms with Crippen molar-refractivity contribution in [3.8, 4) is 28.0 Å². The highest BCUT2D eigenvalue weighted by molar-refractivity contribution is 7.16. The molecule has 4 heteroatoms. The molecule has 2 aromatic rings. The van der Waals surface area contributed by atoms with E-state index in [1.807, 2.05) is 24.3 Å². The van der Waals surface area contributed by atoms with Crippen LogP contribution < -0.4 is 4.74 Å². The molecule has 0 saturated heterocycles. The minimum Gasteiger partial charge on any atom is -0.496 e. The minimum absolute atomic E-state index is 0.0233. The molecule has 2 rings (SSSR count). The van der Waals surface area contributed by atoms with Gasteiger partial charge in [-0.1, -0.05) is 20.8 Å². The lowest BCUT2D eigenvalue weighted by atomic mass is 9.85. The highest BCUT2D eigenvalue weighted by Gasteiger charge is 2.19. The third-order valence-corrected chi connectivity index (χ3v) is 4.24. The fraction of sp³-hybridized carbons (Fsp3) is 0.278. The van der Waals surface area contributed by atoms with Crippen LogP contribution in [0.3, 0.4) is 0 Å². The molecule has 0 atom stereocenters. The van der Waals surface area contributed by atoms with Crippen LogP contribution in [0.2, 0.25) is 0 Å². The number of carboxylic acids is 1. The van der Waals surface area contributed by atoms with E-state index in [0.29, 0.717) is 0 Å². The van der Waals surface area contributed by atoms with Crippen LogP contribution in [0.25, 0.3) is 10.4 Å². The zero-order valence-electron chi connectivity index (χ0n) is 13.1. The first-order valence-electron chi connectivity index (χ1n) is 6.85. The van der Waals surface area contributed by atoms with E-state index in [-0.39, 0.29) is 5.41 Å². The second kappa shape index (κ2) is 6.25. The molecule has 0 spiro atoms. The summed E-state index contributed by atoms with van der Waals surface area (Å²) in [7, 11) is 1.68. The molecule has 0 aliphatic carbocycles. The summed E-state index contributed by atoms with van der Waals surface area (Å²) >= 11 is 1.48. The Morgan fingerprint density at radius 2 is 1.95 bits per heavy atom. The lowest BCUT2D eigenvalue weighted by molar-refractivity contribution is -0.130. The zero-order valence-corrected chi connectivity index (χ0v) is 13.9. The van der Waals surface area contributed by atoms with Crippen molar-refractivity contribution in [3.63, 3.8) is 0 Å². The van der Waals surface area contributed by atoms with Crippen molar-refractivity contribution < 1.29 is 14.6 Å². The number of carbonyl (C=O) groups is 1. The molecule has 1 N–H and O–H groups in total. The van der Waals surface area contributed by atoms with Crippen molar-refractivity contribution >= 4 is 17.3 Å². The molecular weight excluding hydrogens is 296 g/mol. The fourth-order valence-corrected chi connectivity index (χ4v) is 2.98. The molecule has 114 valence electrons. The summed E-state index contributed by atoms with van der Waals surface area (Å²) in [5.74, 6) is 4.54. The van der Waals surface area contributed by atoms with E-state index < -0.39 is 5.97 Å². The van der Waals surface area contributed by atoms with Crippen molar-refractivity contribution in [2.75, 3.05) is 7.11 Å². The van der Waals surface area contributed by atoms with Crippen molar-refractivity contribution in [3.05, 3.63) is 40.8 Å². The maximum atomic E-state index is 10.5. The van der Waals surface area contributed by atoms with E-state index in [4.69, 9.17) is 9.84 Å². The van der Waals surface area contributed by atoms with Gasteiger partial charge in [-0.2, -0.15) is 0 Å². The summed E-state index contributed by atoms with van der Waals surface area (Å²) in [6.07, 6.45) is 0. The SMILES string of the molecule is COc1ccc(-c2ccc(C#CC(=O)O)s2)cc1C(C)(C)C. The van der Waals surface area contributed by atoms with Crippen LogP contribution in [0.1, 0.15) is 31.2 Å². The van der Waals surface area contributed by atoms with Crippen LogP contribution >= 0.6 is 11.3 Å². The molecule has 0 fully saturated rings. The second-order valence-corrected chi connectivity index (χ2v) is 6.97. The smallest absolute Gasteiger partial charge is 0.382 e. The molecule has 1 aromatic heterocycles. The first-order valence-corrected chi connectivity index (χ1v) is 7.66. The summed E-state index contributed by atoms with van der Waals surface area (Å²) < 4.78 is 5.45. The Labute approximate surface area is 134 Å². The van der Waals surface area contributed by atoms with Crippen molar-refractivity contribution in [2.24, 2.45) is 0 Å². The number of benzene rings is 1. The molecule has 0 radical (unpaired) electrons. The summed E-state index contributed by atoms with van der Waals surface area (Å²) in [5, 5.41) is 8.60. The highest BCUT2D eigenvalue weighted by atomic mass is 32.1. The van der Waals surface area contributed by atoms with Gasteiger partial charge in [0.05, 0.1) is 12.0 Å². The Morgan fingerprint density at radius 3 is 2.55 bits per heavy atom. The number of aliphatic carboxylic acids is 1. The number of hydrogen-bond acceptors (Lipinski definition) is 3. The number of methoxy groups -OCH3 is 1. The number of carboxylic acid groups (broad SMARTS) is 1. The van der Waals surface area contributed by atoms with Gasteiger partial charge in [-0.15, -0.1) is 11.3 Å². The van der Waals surface area contributed by atoms with Crippen molar-refractivity contribution in [1.29, 1.82) is 0 Å². The van der Waals surface area contributed by atoms with E-state index in [0.717, 1.165) is 26.6 Å². The molecule has 3 nitrogen and oxygen atoms in total. The largest absolute Gasteiger partial charge is 0.496 e. The third kappa shape index (κ3) is 3.69. The molecule has 0 amide bonds. The van der Waals surface area contributed by atoms with Gasteiger partial charge in [0.25, 0.3) is 0 Å². The standard InChI is InChI=1S/C18H18O3S/c1-18(2,3)14-11-12(5-8-15(14)21-4)16-9-6-13(22-16)7-10-17(19)20/h5-6,8-9,11H,1-4H3,(H,19,20). The van der Waals surface area contributed by atoms with E-state index in [9.17, 15) is 4.79 Å². The van der Waals surface area contributed by atoms with Crippen LogP contribution in [-0.2, 0) is 10.2 Å². The summed E-state index contributed by atoms with van der Waals surface area (Å²) in [4.78, 5) is 12.3. The Kier molecular flexibility index (Phi) is 4.58. The first kappa shape index (κ1) is 16.1. The normalized spacial score (nSPS) is 10.7. The van der Waals surface area contributed by atoms with E-state index in [1.165, 1.54) is 11.3 Å². The predicted octanol–water partition coefficient (Wildman–Crippen LogP) is 4.16. The second-order valence-electron chi connectivity index (χ2n) is 5.88. The van der Waals surface area contributed by atoms with Crippen molar-refractivity contribution in [1.82, 2.24) is 0 Å². The first-order chi connectivity index (χ1) is 10.3. The molecule has 0 bridgehead atoms. The maximum absolute atomic E-state index is 10.5. The molecule has 1 heterocycles. The monoisotopic (exact) mass is 314 g/mol. The van der Waals surface area contributed by atoms with Crippen molar-refractivity contribution in [2.45, 2.75) is 26.2 Å². The Hall–Kier alpha value is -2.25. The van der Waals surface area contributed by atoms with Gasteiger partial charge < -0.3 is 9.84 Å². The summed E-state index contributed by atoms with van der Waals surface area (Å²) in [6.45, 7) is 6.44. The number of ether oxygens (including phenoxy) is 1. The van der Waals surface area contributed by atoms with Gasteiger partial charge in [0.2, 0.25) is 0 Å². The average molecular weight is 314 g/mol. The van der Waals surface area contributed by atoms with Gasteiger partial charge in [-0.3, -0.25) is 0 Å². The number of rotatable bonds is 2. The topological polar surface area (TPSA) is 46.5 Å². The summed E-state index contributed by atoms with van der Waals surface area (Å²) in [6, 6.07) is 9.91. The molecule has 0 saturated carbocycles. The van der Waals surface area contributed by atoms with Gasteiger partial charge in [-0.05, 0) is 47.2 Å². The number of hydrogen-bond donors (Lipinski definition) is 1. The Balaban J connectivity index is 2.42. The molecule has 0 aliphatic heterocycles. The van der Waals surface area contributed by atoms with Gasteiger partial charge in [0.1, 0.15) is 5.75 Å². The van der Waals surface area contributed by atoms with Gasteiger partial charge in [0, 0.05) is 16.4 Å². The van der Waals surface area contributed by atoms with Gasteiger partial charge >= 0.3 is 5.97 Å². The van der Waals surface area contributed by atoms with Crippen LogP contribution in [-0.4, -0.2) is 18.2 Å². The third-order valence-electron chi connectivity index (χ3n) is 3.19.